The van der Waals surface area contributed by atoms with E-state index in [1.807, 2.05) is 53.3 Å². The van der Waals surface area contributed by atoms with Crippen molar-refractivity contribution in [3.63, 3.8) is 0 Å². The molecule has 7 heteroatoms. The molecule has 0 saturated carbocycles. The Morgan fingerprint density at radius 3 is 2.67 bits per heavy atom. The van der Waals surface area contributed by atoms with E-state index in [-0.39, 0.29) is 17.4 Å². The Bertz CT molecular complexity index is 1130. The SMILES string of the molecule is Cc1cc(C(=O)CSc2nnc3ccccn23)c(C)n1-c1ccc(F)cc1. The Kier molecular flexibility index (Phi) is 4.53. The van der Waals surface area contributed by atoms with Gasteiger partial charge in [-0.2, -0.15) is 0 Å². The number of carbonyl (C=O) groups is 1. The monoisotopic (exact) mass is 380 g/mol. The van der Waals surface area contributed by atoms with Crippen LogP contribution in [0.15, 0.2) is 59.9 Å². The van der Waals surface area contributed by atoms with Gasteiger partial charge in [-0.25, -0.2) is 4.39 Å². The number of halogens is 1. The van der Waals surface area contributed by atoms with Gasteiger partial charge in [0.15, 0.2) is 16.6 Å². The van der Waals surface area contributed by atoms with E-state index in [9.17, 15) is 9.18 Å². The second-order valence-corrected chi connectivity index (χ2v) is 7.16. The van der Waals surface area contributed by atoms with Crippen molar-refractivity contribution in [2.75, 3.05) is 5.75 Å². The van der Waals surface area contributed by atoms with Crippen molar-refractivity contribution in [2.24, 2.45) is 0 Å². The van der Waals surface area contributed by atoms with Crippen molar-refractivity contribution in [1.82, 2.24) is 19.2 Å². The minimum atomic E-state index is -0.283. The van der Waals surface area contributed by atoms with Crippen molar-refractivity contribution < 1.29 is 9.18 Å². The molecule has 0 bridgehead atoms. The minimum absolute atomic E-state index is 0.0224. The van der Waals surface area contributed by atoms with Gasteiger partial charge in [-0.15, -0.1) is 10.2 Å². The number of rotatable bonds is 5. The first-order chi connectivity index (χ1) is 13.0. The lowest BCUT2D eigenvalue weighted by Gasteiger charge is -2.09. The molecule has 0 aliphatic rings. The maximum Gasteiger partial charge on any atom is 0.196 e. The summed E-state index contributed by atoms with van der Waals surface area (Å²) in [5.74, 6) is 0.00669. The van der Waals surface area contributed by atoms with E-state index in [2.05, 4.69) is 10.2 Å². The fraction of sp³-hybridized carbons (Fsp3) is 0.150. The number of benzene rings is 1. The topological polar surface area (TPSA) is 52.2 Å². The average molecular weight is 380 g/mol. The standard InChI is InChI=1S/C20H17FN4OS/c1-13-11-17(14(2)25(13)16-8-6-15(21)7-9-16)18(26)12-27-20-23-22-19-5-3-4-10-24(19)20/h3-11H,12H2,1-2H3. The number of nitrogens with zero attached hydrogens (tertiary/aromatic N) is 4. The second-order valence-electron chi connectivity index (χ2n) is 6.22. The number of Topliss-reactive ketones (excluding diaryl/α,β-unsaturated/α-hetero) is 1. The van der Waals surface area contributed by atoms with Crippen LogP contribution in [0.5, 0.6) is 0 Å². The largest absolute Gasteiger partial charge is 0.318 e. The Labute approximate surface area is 159 Å². The number of thioether (sulfide) groups is 1. The van der Waals surface area contributed by atoms with Crippen molar-refractivity contribution in [2.45, 2.75) is 19.0 Å². The first-order valence-corrected chi connectivity index (χ1v) is 9.44. The van der Waals surface area contributed by atoms with Crippen molar-refractivity contribution in [3.05, 3.63) is 77.5 Å². The summed E-state index contributed by atoms with van der Waals surface area (Å²) in [6.45, 7) is 3.84. The molecule has 4 rings (SSSR count). The molecule has 0 aliphatic heterocycles. The summed E-state index contributed by atoms with van der Waals surface area (Å²) in [4.78, 5) is 12.8. The molecular weight excluding hydrogens is 363 g/mol. The van der Waals surface area contributed by atoms with Gasteiger partial charge >= 0.3 is 0 Å². The van der Waals surface area contributed by atoms with E-state index in [0.717, 1.165) is 22.7 Å². The predicted molar refractivity (Wildman–Crippen MR) is 103 cm³/mol. The van der Waals surface area contributed by atoms with E-state index in [4.69, 9.17) is 0 Å². The van der Waals surface area contributed by atoms with Gasteiger partial charge in [-0.05, 0) is 56.3 Å². The van der Waals surface area contributed by atoms with Crippen LogP contribution in [-0.2, 0) is 0 Å². The molecule has 0 fully saturated rings. The van der Waals surface area contributed by atoms with Crippen molar-refractivity contribution in [3.8, 4) is 5.69 Å². The van der Waals surface area contributed by atoms with E-state index in [1.54, 1.807) is 12.1 Å². The van der Waals surface area contributed by atoms with E-state index < -0.39 is 0 Å². The number of hydrogen-bond donors (Lipinski definition) is 0. The van der Waals surface area contributed by atoms with Crippen LogP contribution >= 0.6 is 11.8 Å². The zero-order valence-corrected chi connectivity index (χ0v) is 15.7. The van der Waals surface area contributed by atoms with Gasteiger partial charge in [-0.1, -0.05) is 17.8 Å². The number of pyridine rings is 1. The van der Waals surface area contributed by atoms with Crippen molar-refractivity contribution in [1.29, 1.82) is 0 Å². The Balaban J connectivity index is 1.57. The zero-order chi connectivity index (χ0) is 19.0. The third kappa shape index (κ3) is 3.26. The van der Waals surface area contributed by atoms with E-state index in [1.165, 1.54) is 23.9 Å². The maximum absolute atomic E-state index is 13.2. The van der Waals surface area contributed by atoms with E-state index >= 15 is 0 Å². The molecule has 4 aromatic rings. The van der Waals surface area contributed by atoms with Crippen LogP contribution in [0.25, 0.3) is 11.3 Å². The highest BCUT2D eigenvalue weighted by Crippen LogP contribution is 2.24. The van der Waals surface area contributed by atoms with Gasteiger partial charge in [0.05, 0.1) is 5.75 Å². The summed E-state index contributed by atoms with van der Waals surface area (Å²) in [6, 6.07) is 13.8. The molecule has 3 aromatic heterocycles. The van der Waals surface area contributed by atoms with Crippen LogP contribution in [0, 0.1) is 19.7 Å². The van der Waals surface area contributed by atoms with Gasteiger partial charge < -0.3 is 4.57 Å². The van der Waals surface area contributed by atoms with Crippen molar-refractivity contribution >= 4 is 23.2 Å². The number of aryl methyl sites for hydroxylation is 1. The highest BCUT2D eigenvalue weighted by atomic mass is 32.2. The average Bonchev–Trinajstić information content (AvgIpc) is 3.21. The normalized spacial score (nSPS) is 11.2. The molecule has 0 atom stereocenters. The van der Waals surface area contributed by atoms with Crippen LogP contribution in [0.3, 0.4) is 0 Å². The smallest absolute Gasteiger partial charge is 0.196 e. The summed E-state index contributed by atoms with van der Waals surface area (Å²) >= 11 is 1.36. The molecule has 1 aromatic carbocycles. The van der Waals surface area contributed by atoms with E-state index in [0.29, 0.717) is 10.7 Å². The summed E-state index contributed by atoms with van der Waals surface area (Å²) < 4.78 is 17.0. The van der Waals surface area contributed by atoms with Crippen LogP contribution in [0.4, 0.5) is 4.39 Å². The summed E-state index contributed by atoms with van der Waals surface area (Å²) in [5, 5.41) is 8.93. The van der Waals surface area contributed by atoms with Crippen LogP contribution in [0.2, 0.25) is 0 Å². The lowest BCUT2D eigenvalue weighted by molar-refractivity contribution is 0.102. The number of hydrogen-bond acceptors (Lipinski definition) is 4. The second kappa shape index (κ2) is 7.00. The molecule has 136 valence electrons. The fourth-order valence-electron chi connectivity index (χ4n) is 3.16. The minimum Gasteiger partial charge on any atom is -0.318 e. The first-order valence-electron chi connectivity index (χ1n) is 8.45. The third-order valence-corrected chi connectivity index (χ3v) is 5.37. The van der Waals surface area contributed by atoms with Crippen LogP contribution in [-0.4, -0.2) is 30.7 Å². The van der Waals surface area contributed by atoms with Gasteiger partial charge in [0, 0.05) is 28.8 Å². The molecule has 0 spiro atoms. The van der Waals surface area contributed by atoms with Gasteiger partial charge in [0.2, 0.25) is 0 Å². The molecule has 0 N–H and O–H groups in total. The fourth-order valence-corrected chi connectivity index (χ4v) is 3.97. The molecule has 0 radical (unpaired) electrons. The highest BCUT2D eigenvalue weighted by Gasteiger charge is 2.18. The molecular formula is C20H17FN4OS. The molecule has 3 heterocycles. The quantitative estimate of drug-likeness (QED) is 0.384. The van der Waals surface area contributed by atoms with Gasteiger partial charge in [0.1, 0.15) is 5.82 Å². The molecule has 5 nitrogen and oxygen atoms in total. The van der Waals surface area contributed by atoms with Gasteiger partial charge in [0.25, 0.3) is 0 Å². The number of fused-ring (bicyclic) bond motifs is 1. The highest BCUT2D eigenvalue weighted by molar-refractivity contribution is 7.99. The molecule has 0 saturated heterocycles. The lowest BCUT2D eigenvalue weighted by atomic mass is 10.2. The van der Waals surface area contributed by atoms with Gasteiger partial charge in [-0.3, -0.25) is 9.20 Å². The molecule has 0 unspecified atom stereocenters. The Hall–Kier alpha value is -2.93. The molecule has 27 heavy (non-hydrogen) atoms. The number of carbonyl (C=O) groups excluding carboxylic acids is 1. The lowest BCUT2D eigenvalue weighted by Crippen LogP contribution is -2.06. The Morgan fingerprint density at radius 2 is 1.89 bits per heavy atom. The summed E-state index contributed by atoms with van der Waals surface area (Å²) in [5.41, 5.74) is 4.03. The third-order valence-electron chi connectivity index (χ3n) is 4.43. The summed E-state index contributed by atoms with van der Waals surface area (Å²) in [7, 11) is 0. The number of ketones is 1. The summed E-state index contributed by atoms with van der Waals surface area (Å²) in [6.07, 6.45) is 1.88. The first kappa shape index (κ1) is 17.5. The maximum atomic E-state index is 13.2. The van der Waals surface area contributed by atoms with Crippen LogP contribution < -0.4 is 0 Å². The Morgan fingerprint density at radius 1 is 1.11 bits per heavy atom. The number of aromatic nitrogens is 4. The molecule has 0 aliphatic carbocycles. The van der Waals surface area contributed by atoms with Crippen LogP contribution in [0.1, 0.15) is 21.7 Å². The zero-order valence-electron chi connectivity index (χ0n) is 14.9. The molecule has 0 amide bonds. The predicted octanol–water partition coefficient (Wildman–Crippen LogP) is 4.25.